The van der Waals surface area contributed by atoms with E-state index >= 15 is 0 Å². The molecule has 4 rings (SSSR count). The largest absolute Gasteiger partial charge is 0.489 e. The number of hydrogen-bond acceptors (Lipinski definition) is 4. The molecule has 0 aliphatic carbocycles. The number of imidazole rings is 1. The van der Waals surface area contributed by atoms with E-state index in [0.29, 0.717) is 12.4 Å². The number of carbonyl (C=O) groups excluding carboxylic acids is 1. The van der Waals surface area contributed by atoms with Crippen LogP contribution in [0.2, 0.25) is 0 Å². The van der Waals surface area contributed by atoms with Crippen molar-refractivity contribution in [3.8, 4) is 17.2 Å². The Labute approximate surface area is 187 Å². The normalized spacial score (nSPS) is 11.5. The second-order valence-corrected chi connectivity index (χ2v) is 7.39. The Morgan fingerprint density at radius 2 is 1.62 bits per heavy atom. The van der Waals surface area contributed by atoms with Crippen LogP contribution in [0.1, 0.15) is 24.1 Å². The van der Waals surface area contributed by atoms with Crippen molar-refractivity contribution in [2.45, 2.75) is 19.6 Å². The molecule has 0 saturated carbocycles. The minimum Gasteiger partial charge on any atom is -0.489 e. The molecule has 1 atom stereocenters. The summed E-state index contributed by atoms with van der Waals surface area (Å²) in [6, 6.07) is 25.1. The van der Waals surface area contributed by atoms with Crippen molar-refractivity contribution < 1.29 is 14.3 Å². The molecular weight excluding hydrogens is 402 g/mol. The summed E-state index contributed by atoms with van der Waals surface area (Å²) in [6.45, 7) is 2.40. The molecular formula is C26H25N3O3. The van der Waals surface area contributed by atoms with Gasteiger partial charge >= 0.3 is 0 Å². The van der Waals surface area contributed by atoms with Crippen molar-refractivity contribution in [2.75, 3.05) is 6.61 Å². The molecule has 1 heterocycles. The molecule has 0 bridgehead atoms. The van der Waals surface area contributed by atoms with E-state index in [1.807, 2.05) is 84.4 Å². The van der Waals surface area contributed by atoms with Gasteiger partial charge in [0.2, 0.25) is 0 Å². The number of nitrogens with zero attached hydrogens (tertiary/aromatic N) is 2. The van der Waals surface area contributed by atoms with Crippen molar-refractivity contribution >= 4 is 5.91 Å². The van der Waals surface area contributed by atoms with Crippen LogP contribution < -0.4 is 14.8 Å². The first-order chi connectivity index (χ1) is 15.7. The average Bonchev–Trinajstić information content (AvgIpc) is 3.38. The van der Waals surface area contributed by atoms with Crippen molar-refractivity contribution in [1.82, 2.24) is 14.9 Å². The van der Waals surface area contributed by atoms with Crippen LogP contribution in [-0.4, -0.2) is 22.1 Å². The number of amides is 1. The third-order valence-corrected chi connectivity index (χ3v) is 5.02. The number of aromatic nitrogens is 2. The summed E-state index contributed by atoms with van der Waals surface area (Å²) in [5.74, 6) is 1.18. The van der Waals surface area contributed by atoms with Gasteiger partial charge in [0.15, 0.2) is 6.61 Å². The maximum absolute atomic E-state index is 12.3. The third kappa shape index (κ3) is 5.76. The second kappa shape index (κ2) is 10.3. The van der Waals surface area contributed by atoms with Gasteiger partial charge in [0, 0.05) is 18.1 Å². The van der Waals surface area contributed by atoms with E-state index in [0.717, 1.165) is 22.6 Å². The lowest BCUT2D eigenvalue weighted by Gasteiger charge is -2.15. The SMILES string of the molecule is C[C@H](NC(=O)COc1ccc(OCc2ccccc2)cc1)c1ccc(-n2ccnc2)cc1. The van der Waals surface area contributed by atoms with E-state index in [1.165, 1.54) is 0 Å². The average molecular weight is 428 g/mol. The molecule has 32 heavy (non-hydrogen) atoms. The van der Waals surface area contributed by atoms with Crippen LogP contribution in [0.25, 0.3) is 5.69 Å². The molecule has 0 radical (unpaired) electrons. The molecule has 6 nitrogen and oxygen atoms in total. The summed E-state index contributed by atoms with van der Waals surface area (Å²) < 4.78 is 13.3. The molecule has 162 valence electrons. The molecule has 6 heteroatoms. The van der Waals surface area contributed by atoms with E-state index in [9.17, 15) is 4.79 Å². The van der Waals surface area contributed by atoms with Crippen LogP contribution in [0.15, 0.2) is 97.6 Å². The van der Waals surface area contributed by atoms with Crippen molar-refractivity contribution in [3.63, 3.8) is 0 Å². The first-order valence-corrected chi connectivity index (χ1v) is 10.4. The second-order valence-electron chi connectivity index (χ2n) is 7.39. The lowest BCUT2D eigenvalue weighted by Crippen LogP contribution is -2.31. The van der Waals surface area contributed by atoms with Gasteiger partial charge in [0.05, 0.1) is 12.4 Å². The smallest absolute Gasteiger partial charge is 0.258 e. The van der Waals surface area contributed by atoms with Gasteiger partial charge in [-0.3, -0.25) is 4.79 Å². The van der Waals surface area contributed by atoms with Crippen LogP contribution in [0.4, 0.5) is 0 Å². The number of carbonyl (C=O) groups is 1. The van der Waals surface area contributed by atoms with Crippen LogP contribution >= 0.6 is 0 Å². The van der Waals surface area contributed by atoms with Gasteiger partial charge in [-0.05, 0) is 54.4 Å². The van der Waals surface area contributed by atoms with E-state index in [-0.39, 0.29) is 18.6 Å². The summed E-state index contributed by atoms with van der Waals surface area (Å²) >= 11 is 0. The molecule has 0 saturated heterocycles. The molecule has 1 aromatic heterocycles. The quantitative estimate of drug-likeness (QED) is 0.420. The predicted molar refractivity (Wildman–Crippen MR) is 123 cm³/mol. The predicted octanol–water partition coefficient (Wildman–Crippen LogP) is 4.71. The topological polar surface area (TPSA) is 65.4 Å². The van der Waals surface area contributed by atoms with Crippen molar-refractivity contribution in [3.05, 3.63) is 109 Å². The Balaban J connectivity index is 1.22. The Kier molecular flexibility index (Phi) is 6.82. The summed E-state index contributed by atoms with van der Waals surface area (Å²) in [6.07, 6.45) is 5.38. The zero-order valence-electron chi connectivity index (χ0n) is 17.8. The van der Waals surface area contributed by atoms with E-state index in [1.54, 1.807) is 24.7 Å². The van der Waals surface area contributed by atoms with Gasteiger partial charge in [-0.15, -0.1) is 0 Å². The van der Waals surface area contributed by atoms with Crippen LogP contribution in [-0.2, 0) is 11.4 Å². The summed E-state index contributed by atoms with van der Waals surface area (Å²) in [7, 11) is 0. The summed E-state index contributed by atoms with van der Waals surface area (Å²) in [5, 5.41) is 2.96. The van der Waals surface area contributed by atoms with Crippen LogP contribution in [0.5, 0.6) is 11.5 Å². The maximum atomic E-state index is 12.3. The third-order valence-electron chi connectivity index (χ3n) is 5.02. The first kappa shape index (κ1) is 21.2. The zero-order chi connectivity index (χ0) is 22.2. The Bertz CT molecular complexity index is 1110. The number of ether oxygens (including phenoxy) is 2. The number of rotatable bonds is 9. The summed E-state index contributed by atoms with van der Waals surface area (Å²) in [4.78, 5) is 16.4. The standard InChI is InChI=1S/C26H25N3O3/c1-20(22-7-9-23(10-8-22)29-16-15-27-19-29)28-26(30)18-32-25-13-11-24(12-14-25)31-17-21-5-3-2-4-6-21/h2-16,19-20H,17-18H2,1H3,(H,28,30)/t20-/m0/s1. The summed E-state index contributed by atoms with van der Waals surface area (Å²) in [5.41, 5.74) is 3.14. The molecule has 4 aromatic rings. The van der Waals surface area contributed by atoms with Gasteiger partial charge in [-0.25, -0.2) is 4.98 Å². The minimum absolute atomic E-state index is 0.0539. The highest BCUT2D eigenvalue weighted by atomic mass is 16.5. The monoisotopic (exact) mass is 427 g/mol. The molecule has 0 spiro atoms. The lowest BCUT2D eigenvalue weighted by atomic mass is 10.1. The minimum atomic E-state index is -0.180. The van der Waals surface area contributed by atoms with Crippen LogP contribution in [0.3, 0.4) is 0 Å². The highest BCUT2D eigenvalue weighted by molar-refractivity contribution is 5.78. The molecule has 0 unspecified atom stereocenters. The van der Waals surface area contributed by atoms with Crippen molar-refractivity contribution in [1.29, 1.82) is 0 Å². The zero-order valence-corrected chi connectivity index (χ0v) is 17.8. The van der Waals surface area contributed by atoms with Crippen molar-refractivity contribution in [2.24, 2.45) is 0 Å². The molecule has 1 N–H and O–H groups in total. The fraction of sp³-hybridized carbons (Fsp3) is 0.154. The van der Waals surface area contributed by atoms with E-state index < -0.39 is 0 Å². The van der Waals surface area contributed by atoms with Gasteiger partial charge in [0.1, 0.15) is 18.1 Å². The fourth-order valence-corrected chi connectivity index (χ4v) is 3.24. The number of benzene rings is 3. The molecule has 0 aliphatic heterocycles. The maximum Gasteiger partial charge on any atom is 0.258 e. The Morgan fingerprint density at radius 3 is 2.28 bits per heavy atom. The number of nitrogens with one attached hydrogen (secondary N) is 1. The molecule has 0 fully saturated rings. The van der Waals surface area contributed by atoms with E-state index in [2.05, 4.69) is 10.3 Å². The highest BCUT2D eigenvalue weighted by Gasteiger charge is 2.10. The van der Waals surface area contributed by atoms with E-state index in [4.69, 9.17) is 9.47 Å². The Morgan fingerprint density at radius 1 is 0.938 bits per heavy atom. The first-order valence-electron chi connectivity index (χ1n) is 10.4. The van der Waals surface area contributed by atoms with Crippen LogP contribution in [0, 0.1) is 0 Å². The van der Waals surface area contributed by atoms with Gasteiger partial charge in [-0.2, -0.15) is 0 Å². The molecule has 1 amide bonds. The van der Waals surface area contributed by atoms with Gasteiger partial charge < -0.3 is 19.4 Å². The molecule has 3 aromatic carbocycles. The van der Waals surface area contributed by atoms with Gasteiger partial charge in [-0.1, -0.05) is 42.5 Å². The van der Waals surface area contributed by atoms with Gasteiger partial charge in [0.25, 0.3) is 5.91 Å². The Hall–Kier alpha value is -4.06. The lowest BCUT2D eigenvalue weighted by molar-refractivity contribution is -0.123. The fourth-order valence-electron chi connectivity index (χ4n) is 3.24. The highest BCUT2D eigenvalue weighted by Crippen LogP contribution is 2.19. The molecule has 0 aliphatic rings. The number of hydrogen-bond donors (Lipinski definition) is 1.